The summed E-state index contributed by atoms with van der Waals surface area (Å²) in [6.07, 6.45) is 0. The number of hydrogen-bond donors (Lipinski definition) is 4. The Hall–Kier alpha value is -2.12. The number of carboxylic acids is 4. The molecule has 0 spiro atoms. The number of rotatable bonds is 4. The van der Waals surface area contributed by atoms with Crippen LogP contribution in [0.5, 0.6) is 0 Å². The summed E-state index contributed by atoms with van der Waals surface area (Å²) in [4.78, 5) is 40.3. The highest BCUT2D eigenvalue weighted by Crippen LogP contribution is 2.14. The quantitative estimate of drug-likeness (QED) is 0.531. The van der Waals surface area contributed by atoms with Gasteiger partial charge in [-0.05, 0) is 27.7 Å². The van der Waals surface area contributed by atoms with Crippen molar-refractivity contribution in [2.75, 3.05) is 0 Å². The predicted molar refractivity (Wildman–Crippen MR) is 58.1 cm³/mol. The molecular weight excluding hydrogens is 248 g/mol. The normalized spacial score (nSPS) is 10.9. The number of carbonyl (C=O) groups is 4. The summed E-state index contributed by atoms with van der Waals surface area (Å²) in [5.74, 6) is -5.30. The van der Waals surface area contributed by atoms with Gasteiger partial charge in [-0.1, -0.05) is 0 Å². The first-order chi connectivity index (χ1) is 7.77. The molecule has 0 saturated heterocycles. The minimum absolute atomic E-state index is 1.14. The maximum absolute atomic E-state index is 10.1. The van der Waals surface area contributed by atoms with Crippen LogP contribution in [-0.2, 0) is 19.2 Å². The second-order valence-corrected chi connectivity index (χ2v) is 4.47. The lowest BCUT2D eigenvalue weighted by molar-refractivity contribution is -0.163. The van der Waals surface area contributed by atoms with Gasteiger partial charge >= 0.3 is 23.9 Å². The van der Waals surface area contributed by atoms with Gasteiger partial charge in [-0.25, -0.2) is 0 Å². The van der Waals surface area contributed by atoms with Gasteiger partial charge in [0.25, 0.3) is 0 Å². The maximum atomic E-state index is 10.1. The minimum atomic E-state index is -1.67. The van der Waals surface area contributed by atoms with Crippen molar-refractivity contribution in [2.24, 2.45) is 10.8 Å². The summed E-state index contributed by atoms with van der Waals surface area (Å²) in [5.41, 5.74) is -3.33. The van der Waals surface area contributed by atoms with E-state index in [1.165, 1.54) is 0 Å². The first kappa shape index (κ1) is 18.3. The summed E-state index contributed by atoms with van der Waals surface area (Å²) < 4.78 is 0. The molecule has 8 nitrogen and oxygen atoms in total. The molecule has 0 atom stereocenters. The van der Waals surface area contributed by atoms with E-state index in [9.17, 15) is 19.2 Å². The largest absolute Gasteiger partial charge is 0.480 e. The molecule has 0 radical (unpaired) electrons. The van der Waals surface area contributed by atoms with E-state index in [-0.39, 0.29) is 0 Å². The Morgan fingerprint density at radius 2 is 0.667 bits per heavy atom. The molecule has 0 amide bonds. The van der Waals surface area contributed by atoms with Gasteiger partial charge in [0.2, 0.25) is 0 Å². The van der Waals surface area contributed by atoms with Gasteiger partial charge in [0.15, 0.2) is 10.8 Å². The zero-order valence-corrected chi connectivity index (χ0v) is 10.4. The number of carboxylic acid groups (broad SMARTS) is 4. The Morgan fingerprint density at radius 1 is 0.556 bits per heavy atom. The summed E-state index contributed by atoms with van der Waals surface area (Å²) in [5, 5.41) is 32.9. The van der Waals surface area contributed by atoms with E-state index >= 15 is 0 Å². The van der Waals surface area contributed by atoms with Crippen LogP contribution in [0.3, 0.4) is 0 Å². The topological polar surface area (TPSA) is 149 Å². The van der Waals surface area contributed by atoms with E-state index in [2.05, 4.69) is 0 Å². The number of aliphatic carboxylic acids is 4. The third-order valence-electron chi connectivity index (χ3n) is 2.14. The molecule has 0 saturated carbocycles. The molecule has 0 fully saturated rings. The van der Waals surface area contributed by atoms with Gasteiger partial charge in [0, 0.05) is 0 Å². The lowest BCUT2D eigenvalue weighted by atomic mass is 9.95. The van der Waals surface area contributed by atoms with Crippen molar-refractivity contribution in [1.29, 1.82) is 0 Å². The Labute approximate surface area is 103 Å². The van der Waals surface area contributed by atoms with E-state index in [0.717, 1.165) is 27.7 Å². The van der Waals surface area contributed by atoms with E-state index in [1.807, 2.05) is 0 Å². The number of hydrogen-bond acceptors (Lipinski definition) is 4. The third-order valence-corrected chi connectivity index (χ3v) is 2.14. The summed E-state index contributed by atoms with van der Waals surface area (Å²) in [6.45, 7) is 4.55. The van der Waals surface area contributed by atoms with Gasteiger partial charge in [0.1, 0.15) is 0 Å². The van der Waals surface area contributed by atoms with Gasteiger partial charge in [-0.3, -0.25) is 19.2 Å². The van der Waals surface area contributed by atoms with Crippen LogP contribution in [0, 0.1) is 10.8 Å². The summed E-state index contributed by atoms with van der Waals surface area (Å²) in [6, 6.07) is 0. The van der Waals surface area contributed by atoms with Crippen molar-refractivity contribution in [2.45, 2.75) is 27.7 Å². The van der Waals surface area contributed by atoms with Crippen LogP contribution in [0.4, 0.5) is 0 Å². The smallest absolute Gasteiger partial charge is 0.320 e. The van der Waals surface area contributed by atoms with Crippen molar-refractivity contribution >= 4 is 23.9 Å². The second-order valence-electron chi connectivity index (χ2n) is 4.47. The Morgan fingerprint density at radius 3 is 0.667 bits per heavy atom. The molecule has 0 rings (SSSR count). The molecule has 104 valence electrons. The molecule has 0 aliphatic carbocycles. The molecule has 0 aromatic rings. The fourth-order valence-electron chi connectivity index (χ4n) is 0.183. The molecule has 0 heterocycles. The highest BCUT2D eigenvalue weighted by molar-refractivity contribution is 5.97. The van der Waals surface area contributed by atoms with Crippen LogP contribution in [0.25, 0.3) is 0 Å². The fraction of sp³-hybridized carbons (Fsp3) is 0.600. The first-order valence-corrected chi connectivity index (χ1v) is 4.71. The van der Waals surface area contributed by atoms with E-state index in [0.29, 0.717) is 0 Å². The molecule has 8 heteroatoms. The van der Waals surface area contributed by atoms with Crippen LogP contribution in [0.1, 0.15) is 27.7 Å². The standard InChI is InChI=1S/2C5H8O4/c2*1-5(2,3(6)7)4(8)9/h2*1-2H3,(H,6,7)(H,8,9). The lowest BCUT2D eigenvalue weighted by Crippen LogP contribution is -2.32. The molecule has 18 heavy (non-hydrogen) atoms. The zero-order chi connectivity index (χ0) is 15.3. The zero-order valence-electron chi connectivity index (χ0n) is 10.4. The molecule has 0 bridgehead atoms. The van der Waals surface area contributed by atoms with E-state index in [4.69, 9.17) is 20.4 Å². The van der Waals surface area contributed by atoms with Gasteiger partial charge in [0.05, 0.1) is 0 Å². The van der Waals surface area contributed by atoms with Crippen molar-refractivity contribution in [3.05, 3.63) is 0 Å². The molecular formula is C10H16O8. The van der Waals surface area contributed by atoms with Crippen LogP contribution < -0.4 is 0 Å². The summed E-state index contributed by atoms with van der Waals surface area (Å²) >= 11 is 0. The average molecular weight is 264 g/mol. The highest BCUT2D eigenvalue weighted by Gasteiger charge is 2.36. The van der Waals surface area contributed by atoms with E-state index in [1.54, 1.807) is 0 Å². The van der Waals surface area contributed by atoms with Gasteiger partial charge in [-0.15, -0.1) is 0 Å². The predicted octanol–water partition coefficient (Wildman–Crippen LogP) is 0.364. The van der Waals surface area contributed by atoms with Crippen molar-refractivity contribution in [1.82, 2.24) is 0 Å². The average Bonchev–Trinajstić information content (AvgIpc) is 2.17. The molecule has 0 aromatic heterocycles. The van der Waals surface area contributed by atoms with Gasteiger partial charge < -0.3 is 20.4 Å². The molecule has 0 unspecified atom stereocenters. The highest BCUT2D eigenvalue weighted by atomic mass is 16.4. The third kappa shape index (κ3) is 4.81. The molecule has 4 N–H and O–H groups in total. The van der Waals surface area contributed by atoms with Crippen LogP contribution in [-0.4, -0.2) is 44.3 Å². The summed E-state index contributed by atoms with van der Waals surface area (Å²) in [7, 11) is 0. The maximum Gasteiger partial charge on any atom is 0.320 e. The monoisotopic (exact) mass is 264 g/mol. The van der Waals surface area contributed by atoms with Crippen LogP contribution in [0.2, 0.25) is 0 Å². The van der Waals surface area contributed by atoms with Crippen LogP contribution in [0.15, 0.2) is 0 Å². The Kier molecular flexibility index (Phi) is 6.07. The van der Waals surface area contributed by atoms with Crippen molar-refractivity contribution < 1.29 is 39.6 Å². The van der Waals surface area contributed by atoms with Gasteiger partial charge in [-0.2, -0.15) is 0 Å². The minimum Gasteiger partial charge on any atom is -0.480 e. The lowest BCUT2D eigenvalue weighted by Gasteiger charge is -2.10. The van der Waals surface area contributed by atoms with Crippen molar-refractivity contribution in [3.63, 3.8) is 0 Å². The first-order valence-electron chi connectivity index (χ1n) is 4.71. The van der Waals surface area contributed by atoms with Crippen molar-refractivity contribution in [3.8, 4) is 0 Å². The molecule has 0 aromatic carbocycles. The Balaban J connectivity index is 0. The van der Waals surface area contributed by atoms with Crippen LogP contribution >= 0.6 is 0 Å². The Bertz CT molecular complexity index is 298. The molecule has 0 aliphatic heterocycles. The fourth-order valence-corrected chi connectivity index (χ4v) is 0.183. The van der Waals surface area contributed by atoms with E-state index < -0.39 is 34.7 Å². The molecule has 0 aliphatic rings. The SMILES string of the molecule is CC(C)(C(=O)O)C(=O)O.CC(C)(C(=O)O)C(=O)O. The second kappa shape index (κ2) is 5.99.